The zero-order valence-corrected chi connectivity index (χ0v) is 13.2. The molecule has 1 aromatic rings. The molecular weight excluding hydrogens is 298 g/mol. The molecule has 1 atom stereocenters. The van der Waals surface area contributed by atoms with Crippen LogP contribution in [0.15, 0.2) is 24.3 Å². The van der Waals surface area contributed by atoms with E-state index in [1.807, 2.05) is 24.3 Å². The fourth-order valence-electron chi connectivity index (χ4n) is 3.16. The van der Waals surface area contributed by atoms with Gasteiger partial charge < -0.3 is 10.1 Å². The molecule has 2 fully saturated rings. The Bertz CT molecular complexity index is 580. The van der Waals surface area contributed by atoms with Crippen LogP contribution in [0.4, 0.5) is 0 Å². The van der Waals surface area contributed by atoms with Gasteiger partial charge in [-0.15, -0.1) is 6.42 Å². The lowest BCUT2D eigenvalue weighted by atomic mass is 9.90. The zero-order valence-electron chi connectivity index (χ0n) is 12.5. The van der Waals surface area contributed by atoms with Crippen molar-refractivity contribution in [2.45, 2.75) is 37.1 Å². The Labute approximate surface area is 136 Å². The molecule has 1 aliphatic carbocycles. The van der Waals surface area contributed by atoms with Crippen LogP contribution >= 0.6 is 11.6 Å². The number of rotatable bonds is 4. The number of benzene rings is 1. The van der Waals surface area contributed by atoms with Gasteiger partial charge in [-0.2, -0.15) is 0 Å². The topological polar surface area (TPSA) is 38.3 Å². The Balaban J connectivity index is 1.70. The molecule has 0 spiro atoms. The third kappa shape index (κ3) is 2.99. The van der Waals surface area contributed by atoms with Crippen LogP contribution in [-0.2, 0) is 14.9 Å². The molecule has 22 heavy (non-hydrogen) atoms. The highest BCUT2D eigenvalue weighted by Crippen LogP contribution is 2.48. The molecule has 0 aromatic heterocycles. The monoisotopic (exact) mass is 317 g/mol. The average molecular weight is 318 g/mol. The van der Waals surface area contributed by atoms with Gasteiger partial charge in [0.1, 0.15) is 0 Å². The van der Waals surface area contributed by atoms with Crippen molar-refractivity contribution in [3.05, 3.63) is 34.9 Å². The van der Waals surface area contributed by atoms with Gasteiger partial charge in [-0.05, 0) is 49.3 Å². The van der Waals surface area contributed by atoms with Crippen molar-refractivity contribution in [2.24, 2.45) is 5.92 Å². The van der Waals surface area contributed by atoms with Crippen LogP contribution in [-0.4, -0.2) is 25.2 Å². The van der Waals surface area contributed by atoms with E-state index in [4.69, 9.17) is 22.8 Å². The summed E-state index contributed by atoms with van der Waals surface area (Å²) in [6.45, 7) is 1.45. The summed E-state index contributed by atoms with van der Waals surface area (Å²) in [5.41, 5.74) is 0.613. The molecule has 1 amide bonds. The van der Waals surface area contributed by atoms with E-state index in [-0.39, 0.29) is 11.9 Å². The maximum absolute atomic E-state index is 12.8. The van der Waals surface area contributed by atoms with Gasteiger partial charge in [-0.3, -0.25) is 4.79 Å². The molecule has 0 radical (unpaired) electrons. The molecule has 1 aromatic carbocycles. The summed E-state index contributed by atoms with van der Waals surface area (Å²) in [6.07, 6.45) is 9.20. The molecule has 1 heterocycles. The smallest absolute Gasteiger partial charge is 0.231 e. The van der Waals surface area contributed by atoms with E-state index in [2.05, 4.69) is 11.2 Å². The van der Waals surface area contributed by atoms with Crippen LogP contribution < -0.4 is 5.32 Å². The molecule has 0 bridgehead atoms. The molecule has 1 aliphatic heterocycles. The van der Waals surface area contributed by atoms with Gasteiger partial charge >= 0.3 is 0 Å². The first-order valence-corrected chi connectivity index (χ1v) is 8.14. The Morgan fingerprint density at radius 3 is 2.50 bits per heavy atom. The molecule has 3 nitrogen and oxygen atoms in total. The van der Waals surface area contributed by atoms with Gasteiger partial charge in [0.25, 0.3) is 0 Å². The molecule has 1 N–H and O–H groups in total. The third-order valence-electron chi connectivity index (χ3n) is 4.78. The number of hydrogen-bond donors (Lipinski definition) is 1. The number of amides is 1. The van der Waals surface area contributed by atoms with E-state index < -0.39 is 5.41 Å². The van der Waals surface area contributed by atoms with E-state index in [9.17, 15) is 4.79 Å². The highest BCUT2D eigenvalue weighted by atomic mass is 35.5. The second-order valence-electron chi connectivity index (χ2n) is 6.16. The van der Waals surface area contributed by atoms with Crippen molar-refractivity contribution >= 4 is 17.5 Å². The summed E-state index contributed by atoms with van der Waals surface area (Å²) >= 11 is 5.93. The van der Waals surface area contributed by atoms with Gasteiger partial charge in [-0.1, -0.05) is 29.7 Å². The van der Waals surface area contributed by atoms with E-state index in [1.54, 1.807) is 0 Å². The Kier molecular flexibility index (Phi) is 4.42. The lowest BCUT2D eigenvalue weighted by Crippen LogP contribution is -2.45. The Morgan fingerprint density at radius 2 is 1.95 bits per heavy atom. The van der Waals surface area contributed by atoms with Crippen LogP contribution in [0.25, 0.3) is 0 Å². The van der Waals surface area contributed by atoms with Crippen molar-refractivity contribution in [3.8, 4) is 12.3 Å². The largest absolute Gasteiger partial charge is 0.381 e. The first kappa shape index (κ1) is 15.4. The molecule has 2 aliphatic rings. The maximum Gasteiger partial charge on any atom is 0.231 e. The average Bonchev–Trinajstić information content (AvgIpc) is 3.36. The number of nitrogens with one attached hydrogen (secondary N) is 1. The fraction of sp³-hybridized carbons (Fsp3) is 0.500. The van der Waals surface area contributed by atoms with Crippen LogP contribution in [0, 0.1) is 18.3 Å². The lowest BCUT2D eigenvalue weighted by Gasteiger charge is -2.29. The van der Waals surface area contributed by atoms with Gasteiger partial charge in [0.05, 0.1) is 11.5 Å². The number of terminal acetylenes is 1. The summed E-state index contributed by atoms with van der Waals surface area (Å²) < 4.78 is 5.37. The summed E-state index contributed by atoms with van der Waals surface area (Å²) in [7, 11) is 0. The molecule has 116 valence electrons. The predicted octanol–water partition coefficient (Wildman–Crippen LogP) is 2.92. The van der Waals surface area contributed by atoms with E-state index in [0.29, 0.717) is 10.9 Å². The van der Waals surface area contributed by atoms with E-state index in [1.165, 1.54) is 0 Å². The highest BCUT2D eigenvalue weighted by molar-refractivity contribution is 6.30. The Morgan fingerprint density at radius 1 is 1.32 bits per heavy atom. The first-order valence-electron chi connectivity index (χ1n) is 7.76. The van der Waals surface area contributed by atoms with E-state index in [0.717, 1.165) is 44.5 Å². The molecule has 0 unspecified atom stereocenters. The number of hydrogen-bond acceptors (Lipinski definition) is 2. The van der Waals surface area contributed by atoms with Crippen LogP contribution in [0.2, 0.25) is 5.02 Å². The second-order valence-corrected chi connectivity index (χ2v) is 6.59. The molecule has 1 saturated heterocycles. The van der Waals surface area contributed by atoms with Gasteiger partial charge in [0.2, 0.25) is 5.91 Å². The highest BCUT2D eigenvalue weighted by Gasteiger charge is 2.51. The third-order valence-corrected chi connectivity index (χ3v) is 5.04. The molecule has 1 saturated carbocycles. The van der Waals surface area contributed by atoms with Crippen LogP contribution in [0.1, 0.15) is 31.2 Å². The molecular formula is C18H20ClNO2. The first-order chi connectivity index (χ1) is 10.7. The van der Waals surface area contributed by atoms with Crippen molar-refractivity contribution in [3.63, 3.8) is 0 Å². The van der Waals surface area contributed by atoms with Crippen molar-refractivity contribution in [1.29, 1.82) is 0 Å². The molecule has 3 rings (SSSR count). The summed E-state index contributed by atoms with van der Waals surface area (Å²) in [4.78, 5) is 12.8. The number of ether oxygens (including phenoxy) is 1. The van der Waals surface area contributed by atoms with Crippen LogP contribution in [0.5, 0.6) is 0 Å². The van der Waals surface area contributed by atoms with Crippen LogP contribution in [0.3, 0.4) is 0 Å². The van der Waals surface area contributed by atoms with Crippen molar-refractivity contribution in [2.75, 3.05) is 13.2 Å². The van der Waals surface area contributed by atoms with Crippen molar-refractivity contribution < 1.29 is 9.53 Å². The SMILES string of the molecule is C#C[C@H](NC(=O)C1(c2ccc(Cl)cc2)CC1)C1CCOCC1. The van der Waals surface area contributed by atoms with Gasteiger partial charge in [0.15, 0.2) is 0 Å². The zero-order chi connectivity index (χ0) is 15.6. The minimum atomic E-state index is -0.412. The quantitative estimate of drug-likeness (QED) is 0.867. The van der Waals surface area contributed by atoms with Crippen molar-refractivity contribution in [1.82, 2.24) is 5.32 Å². The maximum atomic E-state index is 12.8. The summed E-state index contributed by atoms with van der Waals surface area (Å²) in [5, 5.41) is 3.77. The lowest BCUT2D eigenvalue weighted by molar-refractivity contribution is -0.124. The number of carbonyl (C=O) groups is 1. The summed E-state index contributed by atoms with van der Waals surface area (Å²) in [5.74, 6) is 3.11. The minimum Gasteiger partial charge on any atom is -0.381 e. The number of carbonyl (C=O) groups excluding carboxylic acids is 1. The van der Waals surface area contributed by atoms with Gasteiger partial charge in [-0.25, -0.2) is 0 Å². The normalized spacial score (nSPS) is 21.6. The standard InChI is InChI=1S/C18H20ClNO2/c1-2-16(13-7-11-22-12-8-13)20-17(21)18(9-10-18)14-3-5-15(19)6-4-14/h1,3-6,13,16H,7-12H2,(H,20,21)/t16-/m0/s1. The Hall–Kier alpha value is -1.50. The second kappa shape index (κ2) is 6.32. The number of halogens is 1. The van der Waals surface area contributed by atoms with E-state index >= 15 is 0 Å². The predicted molar refractivity (Wildman–Crippen MR) is 86.7 cm³/mol. The minimum absolute atomic E-state index is 0.0456. The summed E-state index contributed by atoms with van der Waals surface area (Å²) in [6, 6.07) is 7.34. The molecule has 4 heteroatoms. The van der Waals surface area contributed by atoms with Gasteiger partial charge in [0, 0.05) is 18.2 Å². The fourth-order valence-corrected chi connectivity index (χ4v) is 3.29.